The number of aromatic nitrogens is 2. The number of nitrogens with one attached hydrogen (secondary N) is 1. The smallest absolute Gasteiger partial charge is 0.366 e. The van der Waals surface area contributed by atoms with Crippen LogP contribution < -0.4 is 10.5 Å². The molecule has 7 nitrogen and oxygen atoms in total. The summed E-state index contributed by atoms with van der Waals surface area (Å²) in [6.45, 7) is 3.11. The van der Waals surface area contributed by atoms with Crippen LogP contribution in [0, 0.1) is 0 Å². The predicted molar refractivity (Wildman–Crippen MR) is 128 cm³/mol. The zero-order valence-electron chi connectivity index (χ0n) is 19.4. The number of hydrogen-bond acceptors (Lipinski definition) is 4. The van der Waals surface area contributed by atoms with Gasteiger partial charge in [0.1, 0.15) is 5.65 Å². The largest absolute Gasteiger partial charge is 0.417 e. The quantitative estimate of drug-likeness (QED) is 0.460. The fourth-order valence-electron chi connectivity index (χ4n) is 4.55. The molecule has 3 N–H and O–H groups in total. The number of halogens is 3. The Morgan fingerprint density at radius 3 is 2.31 bits per heavy atom. The van der Waals surface area contributed by atoms with E-state index in [1.807, 2.05) is 4.57 Å². The molecule has 0 bridgehead atoms. The number of amides is 1. The number of alkyl halides is 3. The van der Waals surface area contributed by atoms with E-state index in [1.165, 1.54) is 0 Å². The lowest BCUT2D eigenvalue weighted by Crippen LogP contribution is -2.22. The molecular weight excluding hydrogens is 481 g/mol. The van der Waals surface area contributed by atoms with Gasteiger partial charge in [-0.25, -0.2) is 13.4 Å². The maximum Gasteiger partial charge on any atom is 0.417 e. The van der Waals surface area contributed by atoms with E-state index in [0.29, 0.717) is 16.9 Å². The van der Waals surface area contributed by atoms with Gasteiger partial charge in [-0.1, -0.05) is 31.4 Å². The van der Waals surface area contributed by atoms with E-state index in [2.05, 4.69) is 9.71 Å². The summed E-state index contributed by atoms with van der Waals surface area (Å²) in [6, 6.07) is 7.23. The van der Waals surface area contributed by atoms with E-state index in [1.54, 1.807) is 38.1 Å². The average Bonchev–Trinajstić information content (AvgIpc) is 3.14. The molecule has 11 heteroatoms. The number of hydrogen-bond donors (Lipinski definition) is 2. The van der Waals surface area contributed by atoms with Crippen molar-refractivity contribution in [1.29, 1.82) is 0 Å². The van der Waals surface area contributed by atoms with Crippen LogP contribution in [0.15, 0.2) is 36.5 Å². The zero-order valence-corrected chi connectivity index (χ0v) is 20.2. The van der Waals surface area contributed by atoms with Gasteiger partial charge in [0.2, 0.25) is 10.0 Å². The summed E-state index contributed by atoms with van der Waals surface area (Å²) in [4.78, 5) is 16.7. The second kappa shape index (κ2) is 9.18. The molecule has 0 spiro atoms. The van der Waals surface area contributed by atoms with Crippen molar-refractivity contribution in [1.82, 2.24) is 9.55 Å². The van der Waals surface area contributed by atoms with Gasteiger partial charge in [-0.15, -0.1) is 0 Å². The molecule has 1 amide bonds. The third-order valence-electron chi connectivity index (χ3n) is 6.39. The van der Waals surface area contributed by atoms with Gasteiger partial charge in [-0.05, 0) is 50.5 Å². The molecule has 188 valence electrons. The van der Waals surface area contributed by atoms with Crippen molar-refractivity contribution in [2.75, 3.05) is 4.72 Å². The summed E-state index contributed by atoms with van der Waals surface area (Å²) < 4.78 is 69.1. The molecule has 3 aromatic rings. The highest BCUT2D eigenvalue weighted by molar-refractivity contribution is 7.93. The molecular formula is C24H27F3N4O3S. The van der Waals surface area contributed by atoms with Crippen molar-refractivity contribution in [3.63, 3.8) is 0 Å². The zero-order chi connectivity index (χ0) is 25.5. The van der Waals surface area contributed by atoms with E-state index in [4.69, 9.17) is 5.73 Å². The summed E-state index contributed by atoms with van der Waals surface area (Å²) in [5.41, 5.74) is 6.26. The van der Waals surface area contributed by atoms with Crippen molar-refractivity contribution >= 4 is 32.7 Å². The van der Waals surface area contributed by atoms with Crippen molar-refractivity contribution in [2.24, 2.45) is 5.73 Å². The van der Waals surface area contributed by atoms with Gasteiger partial charge in [0, 0.05) is 23.3 Å². The minimum absolute atomic E-state index is 0.0281. The van der Waals surface area contributed by atoms with Gasteiger partial charge in [0.05, 0.1) is 22.1 Å². The molecule has 2 aromatic heterocycles. The first-order valence-electron chi connectivity index (χ1n) is 11.4. The van der Waals surface area contributed by atoms with E-state index in [-0.39, 0.29) is 22.6 Å². The number of nitrogens with two attached hydrogens (primary N) is 1. The minimum Gasteiger partial charge on any atom is -0.366 e. The Balaban J connectivity index is 1.93. The van der Waals surface area contributed by atoms with Crippen LogP contribution in [0.5, 0.6) is 0 Å². The Bertz CT molecular complexity index is 1360. The van der Waals surface area contributed by atoms with Crippen LogP contribution >= 0.6 is 0 Å². The molecule has 1 fully saturated rings. The van der Waals surface area contributed by atoms with Crippen molar-refractivity contribution in [3.05, 3.63) is 47.7 Å². The number of fused-ring (bicyclic) bond motifs is 1. The third kappa shape index (κ3) is 4.86. The molecule has 0 radical (unpaired) electrons. The average molecular weight is 509 g/mol. The van der Waals surface area contributed by atoms with E-state index < -0.39 is 32.9 Å². The number of anilines is 1. The number of carbonyl (C=O) groups is 1. The van der Waals surface area contributed by atoms with Gasteiger partial charge in [-0.2, -0.15) is 13.2 Å². The molecule has 1 aliphatic carbocycles. The number of primary amides is 1. The molecule has 0 unspecified atom stereocenters. The highest BCUT2D eigenvalue weighted by Crippen LogP contribution is 2.42. The number of carbonyl (C=O) groups excluding carboxylic acids is 1. The highest BCUT2D eigenvalue weighted by atomic mass is 32.2. The Labute approximate surface area is 201 Å². The molecule has 0 aliphatic heterocycles. The Morgan fingerprint density at radius 2 is 1.77 bits per heavy atom. The van der Waals surface area contributed by atoms with Crippen LogP contribution in [-0.4, -0.2) is 29.1 Å². The number of sulfonamides is 1. The third-order valence-corrected chi connectivity index (χ3v) is 8.16. The first kappa shape index (κ1) is 25.0. The van der Waals surface area contributed by atoms with Gasteiger partial charge in [-0.3, -0.25) is 9.52 Å². The molecule has 35 heavy (non-hydrogen) atoms. The highest BCUT2D eigenvalue weighted by Gasteiger charge is 2.34. The Kier molecular flexibility index (Phi) is 6.56. The van der Waals surface area contributed by atoms with Crippen LogP contribution in [0.25, 0.3) is 22.3 Å². The van der Waals surface area contributed by atoms with E-state index in [0.717, 1.165) is 44.4 Å². The van der Waals surface area contributed by atoms with E-state index in [9.17, 15) is 26.4 Å². The molecule has 1 aromatic carbocycles. The summed E-state index contributed by atoms with van der Waals surface area (Å²) >= 11 is 0. The SMILES string of the molecule is CC(C)S(=O)(=O)Nc1ccc(-c2c(C(N)=O)c3cc(C(F)(F)F)cnc3n2C2CCCCC2)cc1. The van der Waals surface area contributed by atoms with Crippen LogP contribution in [0.3, 0.4) is 0 Å². The van der Waals surface area contributed by atoms with Crippen LogP contribution in [0.1, 0.15) is 67.9 Å². The van der Waals surface area contributed by atoms with Gasteiger partial charge in [0.25, 0.3) is 5.91 Å². The monoisotopic (exact) mass is 508 g/mol. The fourth-order valence-corrected chi connectivity index (χ4v) is 5.25. The summed E-state index contributed by atoms with van der Waals surface area (Å²) in [5, 5.41) is -0.580. The first-order valence-corrected chi connectivity index (χ1v) is 13.0. The van der Waals surface area contributed by atoms with Crippen LogP contribution in [-0.2, 0) is 16.2 Å². The topological polar surface area (TPSA) is 107 Å². The second-order valence-electron chi connectivity index (χ2n) is 9.12. The lowest BCUT2D eigenvalue weighted by molar-refractivity contribution is -0.137. The minimum atomic E-state index is -4.63. The van der Waals surface area contributed by atoms with Crippen LogP contribution in [0.2, 0.25) is 0 Å². The number of pyridine rings is 1. The molecule has 1 aliphatic rings. The maximum absolute atomic E-state index is 13.5. The second-order valence-corrected chi connectivity index (χ2v) is 11.4. The molecule has 4 rings (SSSR count). The van der Waals surface area contributed by atoms with E-state index >= 15 is 0 Å². The summed E-state index contributed by atoms with van der Waals surface area (Å²) in [7, 11) is -3.56. The lowest BCUT2D eigenvalue weighted by Gasteiger charge is -2.26. The predicted octanol–water partition coefficient (Wildman–Crippen LogP) is 5.48. The van der Waals surface area contributed by atoms with Gasteiger partial charge in [0.15, 0.2) is 0 Å². The number of benzene rings is 1. The summed E-state index contributed by atoms with van der Waals surface area (Å²) in [6.07, 6.45) is 0.703. The molecule has 1 saturated carbocycles. The Morgan fingerprint density at radius 1 is 1.14 bits per heavy atom. The molecule has 2 heterocycles. The lowest BCUT2D eigenvalue weighted by atomic mass is 9.94. The Hall–Kier alpha value is -3.08. The number of nitrogens with zero attached hydrogens (tertiary/aromatic N) is 2. The van der Waals surface area contributed by atoms with Crippen molar-refractivity contribution in [2.45, 2.75) is 63.4 Å². The van der Waals surface area contributed by atoms with Crippen LogP contribution in [0.4, 0.5) is 18.9 Å². The summed E-state index contributed by atoms with van der Waals surface area (Å²) in [5.74, 6) is -0.856. The number of rotatable bonds is 6. The van der Waals surface area contributed by atoms with Crippen molar-refractivity contribution in [3.8, 4) is 11.3 Å². The molecule has 0 saturated heterocycles. The standard InChI is InChI=1S/C24H27F3N4O3S/c1-14(2)35(33,34)30-17-10-8-15(9-11-17)21-20(22(28)32)19-12-16(24(25,26)27)13-29-23(19)31(21)18-6-4-3-5-7-18/h8-14,18,30H,3-7H2,1-2H3,(H2,28,32). The maximum atomic E-state index is 13.5. The van der Waals surface area contributed by atoms with Gasteiger partial charge < -0.3 is 10.3 Å². The molecule has 0 atom stereocenters. The normalized spacial score (nSPS) is 15.6. The fraction of sp³-hybridized carbons (Fsp3) is 0.417. The van der Waals surface area contributed by atoms with Crippen molar-refractivity contribution < 1.29 is 26.4 Å². The first-order chi connectivity index (χ1) is 16.4. The van der Waals surface area contributed by atoms with Gasteiger partial charge >= 0.3 is 6.18 Å².